The second-order valence-corrected chi connectivity index (χ2v) is 4.92. The van der Waals surface area contributed by atoms with Gasteiger partial charge in [0.05, 0.1) is 6.61 Å². The first-order valence-corrected chi connectivity index (χ1v) is 7.67. The summed E-state index contributed by atoms with van der Waals surface area (Å²) in [5.41, 5.74) is 0.991. The van der Waals surface area contributed by atoms with Crippen LogP contribution in [0, 0.1) is 0 Å². The van der Waals surface area contributed by atoms with E-state index in [1.807, 2.05) is 24.3 Å². The van der Waals surface area contributed by atoms with Crippen molar-refractivity contribution in [2.24, 2.45) is 5.16 Å². The van der Waals surface area contributed by atoms with Crippen LogP contribution in [0.4, 0.5) is 0 Å². The summed E-state index contributed by atoms with van der Waals surface area (Å²) < 4.78 is 5.69. The first-order valence-electron chi connectivity index (χ1n) is 7.67. The van der Waals surface area contributed by atoms with E-state index in [0.717, 1.165) is 30.6 Å². The predicted molar refractivity (Wildman–Crippen MR) is 84.7 cm³/mol. The number of carbonyl (C=O) groups is 1. The normalized spacial score (nSPS) is 10.7. The minimum Gasteiger partial charge on any atom is -0.494 e. The second kappa shape index (κ2) is 11.9. The molecule has 0 saturated heterocycles. The molecule has 0 heterocycles. The molecule has 21 heavy (non-hydrogen) atoms. The summed E-state index contributed by atoms with van der Waals surface area (Å²) in [7, 11) is 0. The number of ether oxygens (including phenoxy) is 1. The number of benzene rings is 1. The largest absolute Gasteiger partial charge is 0.494 e. The minimum atomic E-state index is 0.349. The second-order valence-electron chi connectivity index (χ2n) is 4.92. The van der Waals surface area contributed by atoms with Crippen LogP contribution < -0.4 is 4.74 Å². The fourth-order valence-corrected chi connectivity index (χ4v) is 1.93. The Bertz CT molecular complexity index is 401. The summed E-state index contributed by atoms with van der Waals surface area (Å²) in [5, 5.41) is 3.47. The number of unbranched alkanes of at least 4 members (excludes halogenated alkanes) is 5. The molecule has 4 heteroatoms. The lowest BCUT2D eigenvalue weighted by atomic mass is 10.1. The van der Waals surface area contributed by atoms with Gasteiger partial charge in [0, 0.05) is 0 Å². The molecular formula is C17H25NO3. The third-order valence-electron chi connectivity index (χ3n) is 3.12. The molecule has 0 aromatic heterocycles. The molecule has 0 aliphatic heterocycles. The van der Waals surface area contributed by atoms with Crippen molar-refractivity contribution in [2.75, 3.05) is 6.61 Å². The van der Waals surface area contributed by atoms with Crippen molar-refractivity contribution in [1.29, 1.82) is 0 Å². The molecule has 0 fully saturated rings. The Labute approximate surface area is 127 Å². The molecule has 0 N–H and O–H groups in total. The number of aldehydes is 1. The zero-order valence-electron chi connectivity index (χ0n) is 12.8. The molecule has 0 unspecified atom stereocenters. The molecule has 0 radical (unpaired) electrons. The van der Waals surface area contributed by atoms with Crippen molar-refractivity contribution in [3.63, 3.8) is 0 Å². The fraction of sp³-hybridized carbons (Fsp3) is 0.529. The summed E-state index contributed by atoms with van der Waals surface area (Å²) >= 11 is 0. The zero-order valence-corrected chi connectivity index (χ0v) is 12.8. The fourth-order valence-electron chi connectivity index (χ4n) is 1.93. The van der Waals surface area contributed by atoms with E-state index in [-0.39, 0.29) is 0 Å². The Morgan fingerprint density at radius 3 is 2.48 bits per heavy atom. The molecule has 0 amide bonds. The number of carbonyl (C=O) groups excluding carboxylic acids is 1. The van der Waals surface area contributed by atoms with Crippen molar-refractivity contribution < 1.29 is 14.4 Å². The number of hydrogen-bond acceptors (Lipinski definition) is 4. The van der Waals surface area contributed by atoms with E-state index in [4.69, 9.17) is 9.57 Å². The summed E-state index contributed by atoms with van der Waals surface area (Å²) in [4.78, 5) is 15.0. The first-order chi connectivity index (χ1) is 10.4. The van der Waals surface area contributed by atoms with Gasteiger partial charge in [-0.3, -0.25) is 4.79 Å². The van der Waals surface area contributed by atoms with Gasteiger partial charge in [-0.05, 0) is 24.1 Å². The smallest absolute Gasteiger partial charge is 0.164 e. The molecule has 0 spiro atoms. The molecule has 1 aromatic carbocycles. The van der Waals surface area contributed by atoms with Gasteiger partial charge in [0.25, 0.3) is 0 Å². The van der Waals surface area contributed by atoms with Crippen LogP contribution in [-0.4, -0.2) is 19.1 Å². The van der Waals surface area contributed by atoms with Crippen molar-refractivity contribution in [3.8, 4) is 5.75 Å². The molecular weight excluding hydrogens is 266 g/mol. The maximum atomic E-state index is 10.0. The third-order valence-corrected chi connectivity index (χ3v) is 3.12. The molecule has 0 aliphatic rings. The lowest BCUT2D eigenvalue weighted by Crippen LogP contribution is -1.97. The molecule has 0 atom stereocenters. The van der Waals surface area contributed by atoms with E-state index in [1.54, 1.807) is 0 Å². The summed E-state index contributed by atoms with van der Waals surface area (Å²) in [6.45, 7) is 3.35. The summed E-state index contributed by atoms with van der Waals surface area (Å²) in [6, 6.07) is 7.73. The standard InChI is InChI=1S/C17H25NO3/c1-2-3-4-5-6-7-14-20-17-10-8-16(9-11-17)15-21-18-12-13-19/h8-13H,2-7,14-15H2,1H3. The van der Waals surface area contributed by atoms with Gasteiger partial charge in [-0.1, -0.05) is 56.3 Å². The van der Waals surface area contributed by atoms with Gasteiger partial charge in [-0.25, -0.2) is 0 Å². The van der Waals surface area contributed by atoms with Gasteiger partial charge in [0.2, 0.25) is 0 Å². The molecule has 0 aliphatic carbocycles. The van der Waals surface area contributed by atoms with Crippen LogP contribution in [0.5, 0.6) is 5.75 Å². The van der Waals surface area contributed by atoms with E-state index in [0.29, 0.717) is 12.9 Å². The van der Waals surface area contributed by atoms with Crippen molar-refractivity contribution in [2.45, 2.75) is 52.1 Å². The summed E-state index contributed by atoms with van der Waals surface area (Å²) in [6.07, 6.45) is 9.26. The van der Waals surface area contributed by atoms with Crippen LogP contribution in [0.3, 0.4) is 0 Å². The quantitative estimate of drug-likeness (QED) is 0.252. The lowest BCUT2D eigenvalue weighted by Gasteiger charge is -2.07. The summed E-state index contributed by atoms with van der Waals surface area (Å²) in [5.74, 6) is 0.878. The van der Waals surface area contributed by atoms with Crippen LogP contribution in [0.15, 0.2) is 29.4 Å². The molecule has 1 aromatic rings. The maximum absolute atomic E-state index is 10.0. The predicted octanol–water partition coefficient (Wildman–Crippen LogP) is 4.13. The van der Waals surface area contributed by atoms with E-state index >= 15 is 0 Å². The van der Waals surface area contributed by atoms with E-state index in [2.05, 4.69) is 12.1 Å². The number of nitrogens with zero attached hydrogens (tertiary/aromatic N) is 1. The monoisotopic (exact) mass is 291 g/mol. The SMILES string of the molecule is CCCCCCCCOc1ccc(CON=CC=O)cc1. The number of rotatable bonds is 12. The van der Waals surface area contributed by atoms with E-state index in [9.17, 15) is 4.79 Å². The number of oxime groups is 1. The Kier molecular flexibility index (Phi) is 9.79. The lowest BCUT2D eigenvalue weighted by molar-refractivity contribution is -0.102. The highest BCUT2D eigenvalue weighted by molar-refractivity contribution is 6.12. The number of hydrogen-bond donors (Lipinski definition) is 0. The van der Waals surface area contributed by atoms with Crippen molar-refractivity contribution in [3.05, 3.63) is 29.8 Å². The Morgan fingerprint density at radius 2 is 1.76 bits per heavy atom. The van der Waals surface area contributed by atoms with Crippen LogP contribution in [0.2, 0.25) is 0 Å². The van der Waals surface area contributed by atoms with Crippen molar-refractivity contribution >= 4 is 12.5 Å². The van der Waals surface area contributed by atoms with Crippen LogP contribution in [-0.2, 0) is 16.2 Å². The van der Waals surface area contributed by atoms with Gasteiger partial charge in [-0.15, -0.1) is 0 Å². The average molecular weight is 291 g/mol. The zero-order chi connectivity index (χ0) is 15.2. The average Bonchev–Trinajstić information content (AvgIpc) is 2.52. The first kappa shape index (κ1) is 17.2. The Morgan fingerprint density at radius 1 is 1.05 bits per heavy atom. The van der Waals surface area contributed by atoms with Gasteiger partial charge < -0.3 is 9.57 Å². The highest BCUT2D eigenvalue weighted by Crippen LogP contribution is 2.14. The molecule has 0 saturated carbocycles. The maximum Gasteiger partial charge on any atom is 0.164 e. The third kappa shape index (κ3) is 8.84. The van der Waals surface area contributed by atoms with E-state index in [1.165, 1.54) is 32.1 Å². The Balaban J connectivity index is 2.13. The van der Waals surface area contributed by atoms with Gasteiger partial charge in [0.1, 0.15) is 18.6 Å². The molecule has 0 bridgehead atoms. The topological polar surface area (TPSA) is 47.9 Å². The molecule has 4 nitrogen and oxygen atoms in total. The molecule has 1 rings (SSSR count). The van der Waals surface area contributed by atoms with Crippen LogP contribution in [0.25, 0.3) is 0 Å². The van der Waals surface area contributed by atoms with Gasteiger partial charge in [-0.2, -0.15) is 0 Å². The van der Waals surface area contributed by atoms with Crippen molar-refractivity contribution in [1.82, 2.24) is 0 Å². The Hall–Kier alpha value is -1.84. The van der Waals surface area contributed by atoms with E-state index < -0.39 is 0 Å². The van der Waals surface area contributed by atoms with Crippen LogP contribution in [0.1, 0.15) is 51.0 Å². The van der Waals surface area contributed by atoms with Gasteiger partial charge in [0.15, 0.2) is 6.29 Å². The van der Waals surface area contributed by atoms with Crippen LogP contribution >= 0.6 is 0 Å². The highest BCUT2D eigenvalue weighted by atomic mass is 16.6. The van der Waals surface area contributed by atoms with Gasteiger partial charge >= 0.3 is 0 Å². The minimum absolute atomic E-state index is 0.349. The molecule has 116 valence electrons. The highest BCUT2D eigenvalue weighted by Gasteiger charge is 1.97.